The standard InChI is InChI=1S/C20H30O4/c1-7-11(2)19(22)24-18-8-12(3)14-10-17(21)13(4)15(14)9-16(18)20(5,6)23/h7,12,14,16,18,23H,8-10H2,1-6H3/b11-7-/t12-,14+,16-,18+/m0/s1. The lowest BCUT2D eigenvalue weighted by Crippen LogP contribution is -2.41. The maximum absolute atomic E-state index is 12.3. The number of carbonyl (C=O) groups is 2. The number of carbonyl (C=O) groups excluding carboxylic acids is 2. The van der Waals surface area contributed by atoms with E-state index in [-0.39, 0.29) is 35.6 Å². The van der Waals surface area contributed by atoms with E-state index in [1.807, 2.05) is 13.8 Å². The van der Waals surface area contributed by atoms with Crippen molar-refractivity contribution in [1.29, 1.82) is 0 Å². The Morgan fingerprint density at radius 1 is 1.33 bits per heavy atom. The van der Waals surface area contributed by atoms with Gasteiger partial charge in [0.05, 0.1) is 5.60 Å². The SMILES string of the molecule is C/C=C(/C)C(=O)O[C@@H]1C[C@H](C)[C@H]2CC(=O)C(C)=C2C[C@@H]1C(C)(C)O. The lowest BCUT2D eigenvalue weighted by atomic mass is 9.81. The minimum atomic E-state index is -0.984. The van der Waals surface area contributed by atoms with Crippen molar-refractivity contribution < 1.29 is 19.4 Å². The Kier molecular flexibility index (Phi) is 5.38. The van der Waals surface area contributed by atoms with Gasteiger partial charge in [-0.25, -0.2) is 4.79 Å². The molecule has 2 rings (SSSR count). The van der Waals surface area contributed by atoms with E-state index < -0.39 is 5.60 Å². The predicted molar refractivity (Wildman–Crippen MR) is 93.3 cm³/mol. The lowest BCUT2D eigenvalue weighted by Gasteiger charge is -2.35. The number of fused-ring (bicyclic) bond motifs is 1. The number of aliphatic hydroxyl groups is 1. The van der Waals surface area contributed by atoms with Crippen molar-refractivity contribution in [2.24, 2.45) is 17.8 Å². The molecule has 4 nitrogen and oxygen atoms in total. The van der Waals surface area contributed by atoms with Crippen LogP contribution in [0.5, 0.6) is 0 Å². The molecule has 0 spiro atoms. The monoisotopic (exact) mass is 334 g/mol. The summed E-state index contributed by atoms with van der Waals surface area (Å²) < 4.78 is 5.79. The van der Waals surface area contributed by atoms with Gasteiger partial charge in [0.25, 0.3) is 0 Å². The largest absolute Gasteiger partial charge is 0.459 e. The molecule has 134 valence electrons. The van der Waals surface area contributed by atoms with E-state index in [9.17, 15) is 14.7 Å². The molecule has 0 aromatic heterocycles. The van der Waals surface area contributed by atoms with Crippen molar-refractivity contribution >= 4 is 11.8 Å². The van der Waals surface area contributed by atoms with Gasteiger partial charge in [0, 0.05) is 17.9 Å². The Morgan fingerprint density at radius 2 is 1.96 bits per heavy atom. The van der Waals surface area contributed by atoms with E-state index in [0.717, 1.165) is 11.1 Å². The highest BCUT2D eigenvalue weighted by atomic mass is 16.5. The molecule has 1 fully saturated rings. The maximum atomic E-state index is 12.3. The van der Waals surface area contributed by atoms with Crippen molar-refractivity contribution in [1.82, 2.24) is 0 Å². The van der Waals surface area contributed by atoms with Crippen LogP contribution in [-0.4, -0.2) is 28.6 Å². The third-order valence-corrected chi connectivity index (χ3v) is 5.85. The predicted octanol–water partition coefficient (Wildman–Crippen LogP) is 3.59. The van der Waals surface area contributed by atoms with Gasteiger partial charge < -0.3 is 9.84 Å². The van der Waals surface area contributed by atoms with Crippen LogP contribution < -0.4 is 0 Å². The second-order valence-electron chi connectivity index (χ2n) is 7.98. The summed E-state index contributed by atoms with van der Waals surface area (Å²) in [5, 5.41) is 10.7. The third kappa shape index (κ3) is 3.64. The Morgan fingerprint density at radius 3 is 2.50 bits per heavy atom. The fraction of sp³-hybridized carbons (Fsp3) is 0.700. The molecule has 2 aliphatic rings. The van der Waals surface area contributed by atoms with Crippen LogP contribution in [0.25, 0.3) is 0 Å². The molecule has 0 radical (unpaired) electrons. The quantitative estimate of drug-likeness (QED) is 0.633. The van der Waals surface area contributed by atoms with E-state index >= 15 is 0 Å². The van der Waals surface area contributed by atoms with Gasteiger partial charge in [0.2, 0.25) is 0 Å². The molecule has 24 heavy (non-hydrogen) atoms. The Balaban J connectivity index is 2.37. The zero-order valence-electron chi connectivity index (χ0n) is 15.7. The molecule has 0 aliphatic heterocycles. The molecular weight excluding hydrogens is 304 g/mol. The minimum Gasteiger partial charge on any atom is -0.459 e. The highest BCUT2D eigenvalue weighted by Gasteiger charge is 2.45. The number of ether oxygens (including phenoxy) is 1. The number of allylic oxidation sites excluding steroid dienone is 3. The topological polar surface area (TPSA) is 63.6 Å². The lowest BCUT2D eigenvalue weighted by molar-refractivity contribution is -0.153. The van der Waals surface area contributed by atoms with Gasteiger partial charge in [-0.15, -0.1) is 0 Å². The zero-order chi connectivity index (χ0) is 18.2. The van der Waals surface area contributed by atoms with Gasteiger partial charge in [0.1, 0.15) is 6.10 Å². The van der Waals surface area contributed by atoms with Gasteiger partial charge in [0.15, 0.2) is 5.78 Å². The molecule has 0 unspecified atom stereocenters. The third-order valence-electron chi connectivity index (χ3n) is 5.85. The molecule has 0 bridgehead atoms. The molecule has 0 saturated heterocycles. The average Bonchev–Trinajstić information content (AvgIpc) is 2.68. The summed E-state index contributed by atoms with van der Waals surface area (Å²) in [4.78, 5) is 24.4. The molecule has 2 aliphatic carbocycles. The molecular formula is C20H30O4. The number of Topliss-reactive ketones (excluding diaryl/α,β-unsaturated/α-hetero) is 1. The maximum Gasteiger partial charge on any atom is 0.333 e. The molecule has 1 N–H and O–H groups in total. The second kappa shape index (κ2) is 6.83. The van der Waals surface area contributed by atoms with E-state index in [4.69, 9.17) is 4.74 Å². The highest BCUT2D eigenvalue weighted by Crippen LogP contribution is 2.47. The summed E-state index contributed by atoms with van der Waals surface area (Å²) in [6.45, 7) is 11.1. The van der Waals surface area contributed by atoms with Gasteiger partial charge in [-0.2, -0.15) is 0 Å². The molecule has 0 heterocycles. The summed E-state index contributed by atoms with van der Waals surface area (Å²) in [6.07, 6.45) is 3.23. The van der Waals surface area contributed by atoms with Crippen molar-refractivity contribution in [3.63, 3.8) is 0 Å². The molecule has 4 atom stereocenters. The average molecular weight is 334 g/mol. The fourth-order valence-corrected chi connectivity index (χ4v) is 4.03. The highest BCUT2D eigenvalue weighted by molar-refractivity contribution is 5.98. The summed E-state index contributed by atoms with van der Waals surface area (Å²) in [5.74, 6) is 0.148. The Hall–Kier alpha value is -1.42. The number of hydrogen-bond donors (Lipinski definition) is 1. The normalized spacial score (nSPS) is 31.8. The molecule has 1 saturated carbocycles. The van der Waals surface area contributed by atoms with Crippen LogP contribution in [0.3, 0.4) is 0 Å². The van der Waals surface area contributed by atoms with Crippen LogP contribution >= 0.6 is 0 Å². The summed E-state index contributed by atoms with van der Waals surface area (Å²) >= 11 is 0. The summed E-state index contributed by atoms with van der Waals surface area (Å²) in [7, 11) is 0. The Bertz CT molecular complexity index is 591. The van der Waals surface area contributed by atoms with E-state index in [2.05, 4.69) is 6.92 Å². The van der Waals surface area contributed by atoms with Gasteiger partial charge in [-0.1, -0.05) is 18.6 Å². The van der Waals surface area contributed by atoms with Crippen LogP contribution in [-0.2, 0) is 14.3 Å². The van der Waals surface area contributed by atoms with Crippen molar-refractivity contribution in [3.8, 4) is 0 Å². The number of esters is 1. The van der Waals surface area contributed by atoms with Gasteiger partial charge in [-0.05, 0) is 64.9 Å². The van der Waals surface area contributed by atoms with Crippen molar-refractivity contribution in [3.05, 3.63) is 22.8 Å². The van der Waals surface area contributed by atoms with Gasteiger partial charge in [-0.3, -0.25) is 4.79 Å². The van der Waals surface area contributed by atoms with Crippen LogP contribution in [0.2, 0.25) is 0 Å². The van der Waals surface area contributed by atoms with E-state index in [1.54, 1.807) is 26.8 Å². The first-order valence-electron chi connectivity index (χ1n) is 8.85. The van der Waals surface area contributed by atoms with Crippen LogP contribution in [0.4, 0.5) is 0 Å². The first kappa shape index (κ1) is 18.9. The van der Waals surface area contributed by atoms with Crippen LogP contribution in [0, 0.1) is 17.8 Å². The van der Waals surface area contributed by atoms with E-state index in [1.165, 1.54) is 0 Å². The minimum absolute atomic E-state index is 0.214. The molecule has 0 aromatic carbocycles. The number of rotatable bonds is 3. The van der Waals surface area contributed by atoms with Crippen molar-refractivity contribution in [2.45, 2.75) is 72.5 Å². The Labute approximate surface area is 145 Å². The van der Waals surface area contributed by atoms with Crippen LogP contribution in [0.1, 0.15) is 60.8 Å². The number of hydrogen-bond acceptors (Lipinski definition) is 4. The first-order valence-corrected chi connectivity index (χ1v) is 8.85. The first-order chi connectivity index (χ1) is 11.1. The number of ketones is 1. The van der Waals surface area contributed by atoms with Gasteiger partial charge >= 0.3 is 5.97 Å². The summed E-state index contributed by atoms with van der Waals surface area (Å²) in [6, 6.07) is 0. The second-order valence-corrected chi connectivity index (χ2v) is 7.98. The zero-order valence-corrected chi connectivity index (χ0v) is 15.7. The molecule has 4 heteroatoms. The molecule has 0 aromatic rings. The van der Waals surface area contributed by atoms with E-state index in [0.29, 0.717) is 24.8 Å². The van der Waals surface area contributed by atoms with Crippen LogP contribution in [0.15, 0.2) is 22.8 Å². The smallest absolute Gasteiger partial charge is 0.333 e. The molecule has 0 amide bonds. The van der Waals surface area contributed by atoms with Crippen molar-refractivity contribution in [2.75, 3.05) is 0 Å². The summed E-state index contributed by atoms with van der Waals surface area (Å²) in [5.41, 5.74) is 1.59. The fourth-order valence-electron chi connectivity index (χ4n) is 4.03.